The lowest BCUT2D eigenvalue weighted by Crippen LogP contribution is -2.40. The fourth-order valence-corrected chi connectivity index (χ4v) is 2.92. The Morgan fingerprint density at radius 3 is 3.27 bits per heavy atom. The second-order valence-electron chi connectivity index (χ2n) is 3.78. The average Bonchev–Trinajstić information content (AvgIpc) is 2.30. The maximum absolute atomic E-state index is 9.26. The highest BCUT2D eigenvalue weighted by Gasteiger charge is 2.20. The van der Waals surface area contributed by atoms with Crippen LogP contribution < -0.4 is 4.90 Å². The van der Waals surface area contributed by atoms with E-state index in [4.69, 9.17) is 0 Å². The predicted octanol–water partition coefficient (Wildman–Crippen LogP) is 1.52. The van der Waals surface area contributed by atoms with Gasteiger partial charge in [-0.05, 0) is 13.0 Å². The molecule has 0 spiro atoms. The molecule has 2 rings (SSSR count). The monoisotopic (exact) mass is 224 g/mol. The van der Waals surface area contributed by atoms with Crippen molar-refractivity contribution in [1.29, 1.82) is 0 Å². The molecule has 1 atom stereocenters. The third-order valence-electron chi connectivity index (χ3n) is 2.73. The first kappa shape index (κ1) is 10.8. The Morgan fingerprint density at radius 2 is 2.53 bits per heavy atom. The summed E-state index contributed by atoms with van der Waals surface area (Å²) >= 11 is 2.00. The highest BCUT2D eigenvalue weighted by molar-refractivity contribution is 7.99. The van der Waals surface area contributed by atoms with Crippen molar-refractivity contribution < 1.29 is 5.11 Å². The summed E-state index contributed by atoms with van der Waals surface area (Å²) in [5.74, 6) is 2.32. The van der Waals surface area contributed by atoms with Gasteiger partial charge in [-0.3, -0.25) is 4.98 Å². The van der Waals surface area contributed by atoms with Crippen LogP contribution in [0.2, 0.25) is 0 Å². The third kappa shape index (κ3) is 2.26. The number of aromatic nitrogens is 1. The van der Waals surface area contributed by atoms with Gasteiger partial charge in [0.05, 0.1) is 6.61 Å². The maximum Gasteiger partial charge on any atom is 0.0717 e. The smallest absolute Gasteiger partial charge is 0.0717 e. The van der Waals surface area contributed by atoms with Crippen LogP contribution in [-0.4, -0.2) is 34.2 Å². The lowest BCUT2D eigenvalue weighted by molar-refractivity contribution is 0.281. The van der Waals surface area contributed by atoms with E-state index < -0.39 is 0 Å². The molecule has 1 aromatic heterocycles. The van der Waals surface area contributed by atoms with E-state index >= 15 is 0 Å². The van der Waals surface area contributed by atoms with Gasteiger partial charge in [0.2, 0.25) is 0 Å². The van der Waals surface area contributed by atoms with Gasteiger partial charge in [0, 0.05) is 47.7 Å². The quantitative estimate of drug-likeness (QED) is 0.826. The van der Waals surface area contributed by atoms with Crippen LogP contribution in [0.25, 0.3) is 0 Å². The molecule has 1 N–H and O–H groups in total. The molecule has 1 aliphatic rings. The van der Waals surface area contributed by atoms with Crippen LogP contribution in [0.15, 0.2) is 18.5 Å². The maximum atomic E-state index is 9.26. The van der Waals surface area contributed by atoms with Crippen molar-refractivity contribution >= 4 is 17.4 Å². The fraction of sp³-hybridized carbons (Fsp3) is 0.545. The zero-order chi connectivity index (χ0) is 10.7. The van der Waals surface area contributed by atoms with Crippen LogP contribution in [0.3, 0.4) is 0 Å². The van der Waals surface area contributed by atoms with Crippen molar-refractivity contribution in [3.8, 4) is 0 Å². The molecule has 1 fully saturated rings. The summed E-state index contributed by atoms with van der Waals surface area (Å²) in [6.45, 7) is 3.36. The number of pyridine rings is 1. The molecule has 15 heavy (non-hydrogen) atoms. The van der Waals surface area contributed by atoms with E-state index in [2.05, 4.69) is 16.8 Å². The largest absolute Gasteiger partial charge is 0.392 e. The van der Waals surface area contributed by atoms with Crippen molar-refractivity contribution in [3.05, 3.63) is 24.0 Å². The summed E-state index contributed by atoms with van der Waals surface area (Å²) in [5.41, 5.74) is 2.07. The van der Waals surface area contributed by atoms with Crippen molar-refractivity contribution in [1.82, 2.24) is 4.98 Å². The number of hydrogen-bond donors (Lipinski definition) is 1. The zero-order valence-corrected chi connectivity index (χ0v) is 9.70. The number of nitrogens with zero attached hydrogens (tertiary/aromatic N) is 2. The van der Waals surface area contributed by atoms with Crippen LogP contribution in [-0.2, 0) is 6.61 Å². The molecular formula is C11H16N2OS. The first-order chi connectivity index (χ1) is 7.33. The molecule has 3 nitrogen and oxygen atoms in total. The summed E-state index contributed by atoms with van der Waals surface area (Å²) in [7, 11) is 0. The molecular weight excluding hydrogens is 208 g/mol. The van der Waals surface area contributed by atoms with Gasteiger partial charge in [-0.25, -0.2) is 0 Å². The van der Waals surface area contributed by atoms with Crippen molar-refractivity contribution in [3.63, 3.8) is 0 Å². The van der Waals surface area contributed by atoms with Gasteiger partial charge < -0.3 is 10.0 Å². The van der Waals surface area contributed by atoms with E-state index in [1.807, 2.05) is 17.8 Å². The van der Waals surface area contributed by atoms with Gasteiger partial charge in [-0.15, -0.1) is 0 Å². The summed E-state index contributed by atoms with van der Waals surface area (Å²) in [6, 6.07) is 2.54. The number of thioether (sulfide) groups is 1. The van der Waals surface area contributed by atoms with Crippen molar-refractivity contribution in [2.75, 3.05) is 23.0 Å². The number of hydrogen-bond acceptors (Lipinski definition) is 4. The number of rotatable bonds is 2. The van der Waals surface area contributed by atoms with E-state index in [1.54, 1.807) is 12.4 Å². The van der Waals surface area contributed by atoms with Crippen LogP contribution in [0.1, 0.15) is 12.5 Å². The molecule has 4 heteroatoms. The summed E-state index contributed by atoms with van der Waals surface area (Å²) in [5, 5.41) is 9.26. The summed E-state index contributed by atoms with van der Waals surface area (Å²) in [4.78, 5) is 6.41. The molecule has 0 aromatic carbocycles. The minimum Gasteiger partial charge on any atom is -0.392 e. The zero-order valence-electron chi connectivity index (χ0n) is 8.89. The molecule has 1 saturated heterocycles. The molecule has 82 valence electrons. The molecule has 0 aliphatic carbocycles. The molecule has 2 heterocycles. The molecule has 1 aliphatic heterocycles. The SMILES string of the molecule is CC1CSCCN1c1ccncc1CO. The Hall–Kier alpha value is -0.740. The van der Waals surface area contributed by atoms with E-state index in [9.17, 15) is 5.11 Å². The molecule has 1 aromatic rings. The lowest BCUT2D eigenvalue weighted by atomic mass is 10.2. The Bertz CT molecular complexity index is 332. The molecule has 0 saturated carbocycles. The highest BCUT2D eigenvalue weighted by Crippen LogP contribution is 2.26. The first-order valence-corrected chi connectivity index (χ1v) is 6.36. The van der Waals surface area contributed by atoms with Crippen LogP contribution >= 0.6 is 11.8 Å². The first-order valence-electron chi connectivity index (χ1n) is 5.21. The lowest BCUT2D eigenvalue weighted by Gasteiger charge is -2.36. The number of anilines is 1. The van der Waals surface area contributed by atoms with Gasteiger partial charge >= 0.3 is 0 Å². The molecule has 0 bridgehead atoms. The Kier molecular flexibility index (Phi) is 3.49. The molecule has 1 unspecified atom stereocenters. The Balaban J connectivity index is 2.26. The fourth-order valence-electron chi connectivity index (χ4n) is 1.91. The summed E-state index contributed by atoms with van der Waals surface area (Å²) < 4.78 is 0. The number of aliphatic hydroxyl groups excluding tert-OH is 1. The average molecular weight is 224 g/mol. The standard InChI is InChI=1S/C11H16N2OS/c1-9-8-15-5-4-13(9)11-2-3-12-6-10(11)7-14/h2-3,6,9,14H,4-5,7-8H2,1H3. The van der Waals surface area contributed by atoms with Gasteiger partial charge in [0.1, 0.15) is 0 Å². The van der Waals surface area contributed by atoms with Crippen LogP contribution in [0.5, 0.6) is 0 Å². The van der Waals surface area contributed by atoms with Crippen molar-refractivity contribution in [2.24, 2.45) is 0 Å². The van der Waals surface area contributed by atoms with E-state index in [0.717, 1.165) is 29.3 Å². The van der Waals surface area contributed by atoms with Crippen LogP contribution in [0.4, 0.5) is 5.69 Å². The minimum atomic E-state index is 0.0690. The van der Waals surface area contributed by atoms with Gasteiger partial charge in [-0.1, -0.05) is 0 Å². The van der Waals surface area contributed by atoms with Gasteiger partial charge in [0.15, 0.2) is 0 Å². The van der Waals surface area contributed by atoms with Gasteiger partial charge in [-0.2, -0.15) is 11.8 Å². The number of aliphatic hydroxyl groups is 1. The molecule has 0 amide bonds. The third-order valence-corrected chi connectivity index (χ3v) is 3.91. The highest BCUT2D eigenvalue weighted by atomic mass is 32.2. The topological polar surface area (TPSA) is 36.4 Å². The van der Waals surface area contributed by atoms with Gasteiger partial charge in [0.25, 0.3) is 0 Å². The van der Waals surface area contributed by atoms with Crippen molar-refractivity contribution in [2.45, 2.75) is 19.6 Å². The second-order valence-corrected chi connectivity index (χ2v) is 4.93. The summed E-state index contributed by atoms with van der Waals surface area (Å²) in [6.07, 6.45) is 3.55. The Morgan fingerprint density at radius 1 is 1.67 bits per heavy atom. The predicted molar refractivity (Wildman–Crippen MR) is 64.3 cm³/mol. The normalized spacial score (nSPS) is 21.7. The van der Waals surface area contributed by atoms with E-state index in [-0.39, 0.29) is 6.61 Å². The second kappa shape index (κ2) is 4.86. The van der Waals surface area contributed by atoms with E-state index in [0.29, 0.717) is 6.04 Å². The van der Waals surface area contributed by atoms with E-state index in [1.165, 1.54) is 0 Å². The Labute approximate surface area is 94.5 Å². The minimum absolute atomic E-state index is 0.0690. The van der Waals surface area contributed by atoms with Crippen LogP contribution in [0, 0.1) is 0 Å². The molecule has 0 radical (unpaired) electrons.